The van der Waals surface area contributed by atoms with E-state index in [2.05, 4.69) is 42.1 Å². The molecule has 2 heterocycles. The Kier molecular flexibility index (Phi) is 2.21. The highest BCUT2D eigenvalue weighted by molar-refractivity contribution is 5.46. The third kappa shape index (κ3) is 1.53. The predicted octanol–water partition coefficient (Wildman–Crippen LogP) is 1.91. The molecule has 0 fully saturated rings. The lowest BCUT2D eigenvalue weighted by atomic mass is 10.1. The summed E-state index contributed by atoms with van der Waals surface area (Å²) in [4.78, 5) is 0. The van der Waals surface area contributed by atoms with E-state index in [0.29, 0.717) is 6.04 Å². The molecule has 1 aliphatic rings. The number of rotatable bonds is 1. The van der Waals surface area contributed by atoms with Crippen LogP contribution in [-0.4, -0.2) is 6.54 Å². The van der Waals surface area contributed by atoms with Crippen LogP contribution in [0.4, 0.5) is 5.69 Å². The molecule has 1 N–H and O–H groups in total. The van der Waals surface area contributed by atoms with E-state index in [1.54, 1.807) is 0 Å². The maximum Gasteiger partial charge on any atom is 0.204 e. The quantitative estimate of drug-likeness (QED) is 0.648. The van der Waals surface area contributed by atoms with E-state index in [9.17, 15) is 0 Å². The minimum absolute atomic E-state index is 0.565. The summed E-state index contributed by atoms with van der Waals surface area (Å²) in [6, 6.07) is 4.86. The third-order valence-corrected chi connectivity index (χ3v) is 2.59. The van der Waals surface area contributed by atoms with E-state index in [-0.39, 0.29) is 0 Å². The number of nitrogens with zero attached hydrogens (tertiary/aromatic N) is 1. The third-order valence-electron chi connectivity index (χ3n) is 2.59. The smallest absolute Gasteiger partial charge is 0.204 e. The van der Waals surface area contributed by atoms with Crippen LogP contribution in [-0.2, 0) is 6.42 Å². The van der Waals surface area contributed by atoms with Crippen molar-refractivity contribution in [1.82, 2.24) is 0 Å². The van der Waals surface area contributed by atoms with Crippen LogP contribution in [0.2, 0.25) is 0 Å². The van der Waals surface area contributed by atoms with Crippen LogP contribution in [0.25, 0.3) is 0 Å². The van der Waals surface area contributed by atoms with Crippen molar-refractivity contribution in [2.24, 2.45) is 0 Å². The van der Waals surface area contributed by atoms with Gasteiger partial charge < -0.3 is 5.32 Å². The van der Waals surface area contributed by atoms with Crippen molar-refractivity contribution in [3.05, 3.63) is 24.0 Å². The zero-order chi connectivity index (χ0) is 9.26. The molecule has 0 radical (unpaired) electrons. The van der Waals surface area contributed by atoms with Gasteiger partial charge in [0.05, 0.1) is 0 Å². The van der Waals surface area contributed by atoms with Crippen molar-refractivity contribution in [3.63, 3.8) is 0 Å². The molecule has 0 spiro atoms. The second-order valence-corrected chi connectivity index (χ2v) is 3.90. The molecule has 0 saturated carbocycles. The maximum absolute atomic E-state index is 3.44. The number of hydrogen-bond acceptors (Lipinski definition) is 1. The number of aromatic nitrogens is 1. The summed E-state index contributed by atoms with van der Waals surface area (Å²) >= 11 is 0. The lowest BCUT2D eigenvalue weighted by Crippen LogP contribution is -2.42. The van der Waals surface area contributed by atoms with Crippen molar-refractivity contribution in [1.29, 1.82) is 0 Å². The Hall–Kier alpha value is -1.05. The summed E-state index contributed by atoms with van der Waals surface area (Å²) in [6.45, 7) is 5.58. The first-order valence-corrected chi connectivity index (χ1v) is 5.06. The number of hydrogen-bond donors (Lipinski definition) is 1. The fraction of sp³-hybridized carbons (Fsp3) is 0.545. The first-order valence-electron chi connectivity index (χ1n) is 5.06. The predicted molar refractivity (Wildman–Crippen MR) is 53.8 cm³/mol. The van der Waals surface area contributed by atoms with Gasteiger partial charge in [-0.3, -0.25) is 0 Å². The van der Waals surface area contributed by atoms with Crippen LogP contribution in [0.1, 0.15) is 32.0 Å². The molecule has 0 bridgehead atoms. The molecule has 0 saturated heterocycles. The van der Waals surface area contributed by atoms with Crippen LogP contribution in [0.5, 0.6) is 0 Å². The standard InChI is InChI=1S/C11H17N2/c1-9(2)13-8-4-5-10-11(13)6-3-7-12-10/h4-5,8-9,12H,3,6-7H2,1-2H3/q+1. The van der Waals surface area contributed by atoms with Gasteiger partial charge in [-0.15, -0.1) is 0 Å². The second kappa shape index (κ2) is 3.36. The average Bonchev–Trinajstić information content (AvgIpc) is 2.17. The first-order chi connectivity index (χ1) is 6.29. The molecule has 1 aromatic heterocycles. The fourth-order valence-electron chi connectivity index (χ4n) is 1.94. The summed E-state index contributed by atoms with van der Waals surface area (Å²) in [5, 5.41) is 3.44. The minimum atomic E-state index is 0.565. The molecule has 0 aromatic carbocycles. The topological polar surface area (TPSA) is 15.9 Å². The van der Waals surface area contributed by atoms with Gasteiger partial charge in [-0.1, -0.05) is 0 Å². The number of nitrogens with one attached hydrogen (secondary N) is 1. The summed E-state index contributed by atoms with van der Waals surface area (Å²) < 4.78 is 2.36. The van der Waals surface area contributed by atoms with E-state index in [4.69, 9.17) is 0 Å². The normalized spacial score (nSPS) is 15.3. The van der Waals surface area contributed by atoms with Crippen molar-refractivity contribution in [2.75, 3.05) is 11.9 Å². The largest absolute Gasteiger partial charge is 0.380 e. The van der Waals surface area contributed by atoms with E-state index < -0.39 is 0 Å². The van der Waals surface area contributed by atoms with Gasteiger partial charge in [0.2, 0.25) is 5.69 Å². The van der Waals surface area contributed by atoms with E-state index in [0.717, 1.165) is 6.54 Å². The van der Waals surface area contributed by atoms with E-state index >= 15 is 0 Å². The maximum atomic E-state index is 3.44. The van der Waals surface area contributed by atoms with Crippen LogP contribution < -0.4 is 9.88 Å². The summed E-state index contributed by atoms with van der Waals surface area (Å²) in [5.41, 5.74) is 2.78. The van der Waals surface area contributed by atoms with Crippen LogP contribution in [0.15, 0.2) is 18.3 Å². The molecule has 0 amide bonds. The molecule has 0 aliphatic carbocycles. The van der Waals surface area contributed by atoms with Gasteiger partial charge in [-0.05, 0) is 26.3 Å². The molecule has 13 heavy (non-hydrogen) atoms. The SMILES string of the molecule is CC(C)[n+]1cccc2c1CCCN2. The van der Waals surface area contributed by atoms with Crippen LogP contribution in [0.3, 0.4) is 0 Å². The van der Waals surface area contributed by atoms with E-state index in [1.165, 1.54) is 24.2 Å². The Bertz CT molecular complexity index is 305. The van der Waals surface area contributed by atoms with Crippen LogP contribution >= 0.6 is 0 Å². The van der Waals surface area contributed by atoms with Crippen molar-refractivity contribution < 1.29 is 4.57 Å². The average molecular weight is 177 g/mol. The van der Waals surface area contributed by atoms with Gasteiger partial charge >= 0.3 is 0 Å². The van der Waals surface area contributed by atoms with Gasteiger partial charge in [0, 0.05) is 19.0 Å². The van der Waals surface area contributed by atoms with Crippen molar-refractivity contribution >= 4 is 5.69 Å². The van der Waals surface area contributed by atoms with Crippen LogP contribution in [0, 0.1) is 0 Å². The molecule has 1 aromatic rings. The van der Waals surface area contributed by atoms with Gasteiger partial charge in [0.25, 0.3) is 0 Å². The van der Waals surface area contributed by atoms with Gasteiger partial charge in [-0.2, -0.15) is 4.57 Å². The lowest BCUT2D eigenvalue weighted by molar-refractivity contribution is -0.722. The van der Waals surface area contributed by atoms with Gasteiger partial charge in [-0.25, -0.2) is 0 Å². The Morgan fingerprint density at radius 2 is 2.31 bits per heavy atom. The molecule has 0 unspecified atom stereocenters. The zero-order valence-corrected chi connectivity index (χ0v) is 8.38. The summed E-state index contributed by atoms with van der Waals surface area (Å²) in [6.07, 6.45) is 4.64. The molecule has 2 nitrogen and oxygen atoms in total. The Balaban J connectivity index is 2.46. The van der Waals surface area contributed by atoms with Gasteiger partial charge in [0.1, 0.15) is 5.69 Å². The minimum Gasteiger partial charge on any atom is -0.380 e. The Labute approximate surface area is 79.6 Å². The molecule has 2 rings (SSSR count). The molecule has 0 atom stereocenters. The second-order valence-electron chi connectivity index (χ2n) is 3.90. The van der Waals surface area contributed by atoms with Crippen molar-refractivity contribution in [2.45, 2.75) is 32.7 Å². The monoisotopic (exact) mass is 177 g/mol. The highest BCUT2D eigenvalue weighted by Crippen LogP contribution is 2.18. The van der Waals surface area contributed by atoms with Gasteiger partial charge in [0.15, 0.2) is 12.2 Å². The highest BCUT2D eigenvalue weighted by Gasteiger charge is 2.20. The summed E-state index contributed by atoms with van der Waals surface area (Å²) in [5.74, 6) is 0. The molecular formula is C11H17N2+. The number of anilines is 1. The summed E-state index contributed by atoms with van der Waals surface area (Å²) in [7, 11) is 0. The van der Waals surface area contributed by atoms with Crippen molar-refractivity contribution in [3.8, 4) is 0 Å². The molecule has 70 valence electrons. The zero-order valence-electron chi connectivity index (χ0n) is 8.38. The number of fused-ring (bicyclic) bond motifs is 1. The lowest BCUT2D eigenvalue weighted by Gasteiger charge is -2.17. The number of pyridine rings is 1. The Morgan fingerprint density at radius 3 is 3.08 bits per heavy atom. The molecule has 1 aliphatic heterocycles. The van der Waals surface area contributed by atoms with E-state index in [1.807, 2.05) is 0 Å². The molecule has 2 heteroatoms. The highest BCUT2D eigenvalue weighted by atomic mass is 15.0. The Morgan fingerprint density at radius 1 is 1.46 bits per heavy atom. The first kappa shape index (κ1) is 8.54. The molecular weight excluding hydrogens is 160 g/mol. The fourth-order valence-corrected chi connectivity index (χ4v) is 1.94.